The molecule has 0 aliphatic heterocycles. The van der Waals surface area contributed by atoms with E-state index in [1.165, 1.54) is 18.4 Å². The van der Waals surface area contributed by atoms with Gasteiger partial charge < -0.3 is 5.32 Å². The van der Waals surface area contributed by atoms with Crippen molar-refractivity contribution in [2.75, 3.05) is 13.1 Å². The molecule has 0 bridgehead atoms. The Kier molecular flexibility index (Phi) is 14.1. The monoisotopic (exact) mass is 287 g/mol. The van der Waals surface area contributed by atoms with E-state index in [1.54, 1.807) is 0 Å². The zero-order valence-electron chi connectivity index (χ0n) is 14.1. The molecule has 0 radical (unpaired) electrons. The smallest absolute Gasteiger partial charge is 0.00297 e. The second-order valence-corrected chi connectivity index (χ2v) is 5.08. The number of nitrogens with one attached hydrogen (secondary N) is 1. The summed E-state index contributed by atoms with van der Waals surface area (Å²) in [6.07, 6.45) is 21.8. The fraction of sp³-hybridized carbons (Fsp3) is 0.500. The highest BCUT2D eigenvalue weighted by Gasteiger charge is 2.07. The maximum atomic E-state index is 3.77. The van der Waals surface area contributed by atoms with Crippen LogP contribution in [0.1, 0.15) is 46.5 Å². The van der Waals surface area contributed by atoms with Crippen molar-refractivity contribution in [1.82, 2.24) is 5.32 Å². The van der Waals surface area contributed by atoms with Crippen LogP contribution in [0.2, 0.25) is 0 Å². The number of hydrogen-bond donors (Lipinski definition) is 1. The highest BCUT2D eigenvalue weighted by molar-refractivity contribution is 5.26. The lowest BCUT2D eigenvalue weighted by Gasteiger charge is -2.15. The molecular weight excluding hydrogens is 254 g/mol. The lowest BCUT2D eigenvalue weighted by atomic mass is 9.94. The zero-order chi connectivity index (χ0) is 15.8. The van der Waals surface area contributed by atoms with Gasteiger partial charge in [0.05, 0.1) is 0 Å². The Morgan fingerprint density at radius 1 is 1.19 bits per heavy atom. The van der Waals surface area contributed by atoms with E-state index in [0.717, 1.165) is 25.9 Å². The second-order valence-electron chi connectivity index (χ2n) is 5.08. The molecule has 0 heterocycles. The summed E-state index contributed by atoms with van der Waals surface area (Å²) in [7, 11) is 0. The Balaban J connectivity index is 4.27. The van der Waals surface area contributed by atoms with Gasteiger partial charge in [0.25, 0.3) is 0 Å². The van der Waals surface area contributed by atoms with Gasteiger partial charge in [0, 0.05) is 5.92 Å². The van der Waals surface area contributed by atoms with Crippen molar-refractivity contribution in [3.8, 4) is 0 Å². The van der Waals surface area contributed by atoms with E-state index >= 15 is 0 Å². The van der Waals surface area contributed by atoms with Crippen LogP contribution in [0.3, 0.4) is 0 Å². The van der Waals surface area contributed by atoms with Crippen molar-refractivity contribution in [3.05, 3.63) is 60.8 Å². The third-order valence-electron chi connectivity index (χ3n) is 3.38. The summed E-state index contributed by atoms with van der Waals surface area (Å²) in [5, 5.41) is 3.54. The molecule has 0 spiro atoms. The fourth-order valence-corrected chi connectivity index (χ4v) is 2.17. The van der Waals surface area contributed by atoms with Crippen molar-refractivity contribution < 1.29 is 0 Å². The van der Waals surface area contributed by atoms with Gasteiger partial charge in [-0.1, -0.05) is 62.1 Å². The summed E-state index contributed by atoms with van der Waals surface area (Å²) in [5.74, 6) is 0.471. The third kappa shape index (κ3) is 11.0. The highest BCUT2D eigenvalue weighted by Crippen LogP contribution is 2.18. The largest absolute Gasteiger partial charge is 0.317 e. The molecule has 0 fully saturated rings. The molecule has 0 aromatic rings. The topological polar surface area (TPSA) is 12.0 Å². The molecule has 0 aromatic carbocycles. The van der Waals surface area contributed by atoms with Gasteiger partial charge in [-0.2, -0.15) is 0 Å². The summed E-state index contributed by atoms with van der Waals surface area (Å²) in [5.41, 5.74) is 1.39. The second kappa shape index (κ2) is 15.1. The number of rotatable bonds is 12. The van der Waals surface area contributed by atoms with E-state index in [1.807, 2.05) is 6.08 Å². The normalized spacial score (nSPS) is 14.5. The van der Waals surface area contributed by atoms with E-state index < -0.39 is 0 Å². The summed E-state index contributed by atoms with van der Waals surface area (Å²) >= 11 is 0. The first-order valence-electron chi connectivity index (χ1n) is 8.23. The molecule has 1 unspecified atom stereocenters. The van der Waals surface area contributed by atoms with Crippen LogP contribution in [0, 0.1) is 5.92 Å². The van der Waals surface area contributed by atoms with Crippen LogP contribution in [0.4, 0.5) is 0 Å². The van der Waals surface area contributed by atoms with Gasteiger partial charge in [0.1, 0.15) is 0 Å². The number of unbranched alkanes of at least 4 members (excludes halogenated alkanes) is 1. The van der Waals surface area contributed by atoms with Crippen LogP contribution in [-0.4, -0.2) is 13.1 Å². The van der Waals surface area contributed by atoms with Crippen LogP contribution in [-0.2, 0) is 0 Å². The van der Waals surface area contributed by atoms with Crippen LogP contribution in [0.5, 0.6) is 0 Å². The molecule has 0 rings (SSSR count). The molecule has 118 valence electrons. The van der Waals surface area contributed by atoms with Gasteiger partial charge >= 0.3 is 0 Å². The van der Waals surface area contributed by atoms with Crippen molar-refractivity contribution in [1.29, 1.82) is 0 Å². The summed E-state index contributed by atoms with van der Waals surface area (Å²) in [6, 6.07) is 0. The number of hydrogen-bond acceptors (Lipinski definition) is 1. The van der Waals surface area contributed by atoms with E-state index in [2.05, 4.69) is 75.2 Å². The Morgan fingerprint density at radius 3 is 2.62 bits per heavy atom. The summed E-state index contributed by atoms with van der Waals surface area (Å²) in [6.45, 7) is 12.3. The first-order chi connectivity index (χ1) is 10.3. The summed E-state index contributed by atoms with van der Waals surface area (Å²) < 4.78 is 0. The Labute approximate surface area is 132 Å². The minimum absolute atomic E-state index is 0.471. The van der Waals surface area contributed by atoms with E-state index in [4.69, 9.17) is 0 Å². The lowest BCUT2D eigenvalue weighted by Crippen LogP contribution is -2.19. The molecule has 1 heteroatoms. The number of allylic oxidation sites excluding steroid dienone is 9. The van der Waals surface area contributed by atoms with Crippen molar-refractivity contribution >= 4 is 0 Å². The molecule has 1 N–H and O–H groups in total. The summed E-state index contributed by atoms with van der Waals surface area (Å²) in [4.78, 5) is 0. The average molecular weight is 287 g/mol. The predicted octanol–water partition coefficient (Wildman–Crippen LogP) is 5.59. The first-order valence-corrected chi connectivity index (χ1v) is 8.23. The van der Waals surface area contributed by atoms with Gasteiger partial charge in [-0.05, 0) is 58.2 Å². The highest BCUT2D eigenvalue weighted by atomic mass is 14.8. The van der Waals surface area contributed by atoms with Crippen LogP contribution < -0.4 is 5.32 Å². The van der Waals surface area contributed by atoms with Crippen LogP contribution in [0.15, 0.2) is 60.8 Å². The standard InChI is InChI=1S/C20H33N/c1-5-9-12-13-17-21-18-16-20(15-11-7-3)19(8-4)14-10-6-2/h5,7-11,14-15,20-21H,3,6,12-13,16-18H2,1-2,4H3/b9-5+,14-10-,15-11-,19-8+. The molecule has 0 aliphatic carbocycles. The van der Waals surface area contributed by atoms with E-state index in [-0.39, 0.29) is 0 Å². The molecule has 1 nitrogen and oxygen atoms in total. The van der Waals surface area contributed by atoms with Crippen LogP contribution in [0.25, 0.3) is 0 Å². The SMILES string of the molecule is C=C/C=C\C(CCNCCC/C=C/C)C(/C=C\CC)=C/C. The molecule has 21 heavy (non-hydrogen) atoms. The molecule has 0 amide bonds. The van der Waals surface area contributed by atoms with Gasteiger partial charge in [-0.3, -0.25) is 0 Å². The maximum Gasteiger partial charge on any atom is 0.00297 e. The first kappa shape index (κ1) is 19.7. The molecule has 0 aromatic heterocycles. The predicted molar refractivity (Wildman–Crippen MR) is 97.5 cm³/mol. The van der Waals surface area contributed by atoms with E-state index in [9.17, 15) is 0 Å². The Morgan fingerprint density at radius 2 is 2.00 bits per heavy atom. The molecule has 1 atom stereocenters. The molecule has 0 saturated carbocycles. The molecule has 0 aliphatic rings. The van der Waals surface area contributed by atoms with E-state index in [0.29, 0.717) is 5.92 Å². The lowest BCUT2D eigenvalue weighted by molar-refractivity contribution is 0.583. The van der Waals surface area contributed by atoms with Crippen molar-refractivity contribution in [3.63, 3.8) is 0 Å². The van der Waals surface area contributed by atoms with Crippen molar-refractivity contribution in [2.24, 2.45) is 5.92 Å². The van der Waals surface area contributed by atoms with Gasteiger partial charge in [-0.15, -0.1) is 0 Å². The Hall–Kier alpha value is -1.34. The van der Waals surface area contributed by atoms with Crippen LogP contribution >= 0.6 is 0 Å². The average Bonchev–Trinajstić information content (AvgIpc) is 2.51. The quantitative estimate of drug-likeness (QED) is 0.280. The van der Waals surface area contributed by atoms with Crippen molar-refractivity contribution in [2.45, 2.75) is 46.5 Å². The Bertz CT molecular complexity index is 358. The van der Waals surface area contributed by atoms with Gasteiger partial charge in [-0.25, -0.2) is 0 Å². The zero-order valence-corrected chi connectivity index (χ0v) is 14.1. The minimum atomic E-state index is 0.471. The third-order valence-corrected chi connectivity index (χ3v) is 3.38. The fourth-order valence-electron chi connectivity index (χ4n) is 2.17. The van der Waals surface area contributed by atoms with Gasteiger partial charge in [0.15, 0.2) is 0 Å². The maximum absolute atomic E-state index is 3.77. The minimum Gasteiger partial charge on any atom is -0.317 e. The van der Waals surface area contributed by atoms with Gasteiger partial charge in [0.2, 0.25) is 0 Å². The molecule has 0 saturated heterocycles. The molecular formula is C20H33N.